The van der Waals surface area contributed by atoms with Crippen LogP contribution in [0, 0.1) is 0 Å². The highest BCUT2D eigenvalue weighted by Crippen LogP contribution is 2.22. The molecule has 4 heteroatoms. The normalized spacial score (nSPS) is 10.4. The highest BCUT2D eigenvalue weighted by molar-refractivity contribution is 7.99. The first-order valence-electron chi connectivity index (χ1n) is 6.71. The van der Waals surface area contributed by atoms with Crippen molar-refractivity contribution in [2.45, 2.75) is 17.7 Å². The number of carbonyl (C=O) groups is 1. The second-order valence-corrected chi connectivity index (χ2v) is 6.18. The minimum atomic E-state index is -0.201. The molecular formula is C17H17ClO2S. The summed E-state index contributed by atoms with van der Waals surface area (Å²) < 4.78 is 4.74. The lowest BCUT2D eigenvalue weighted by molar-refractivity contribution is -0.139. The van der Waals surface area contributed by atoms with Gasteiger partial charge in [0.05, 0.1) is 13.5 Å². The highest BCUT2D eigenvalue weighted by atomic mass is 35.5. The van der Waals surface area contributed by atoms with Gasteiger partial charge in [-0.2, -0.15) is 0 Å². The van der Waals surface area contributed by atoms with E-state index in [1.165, 1.54) is 17.6 Å². The van der Waals surface area contributed by atoms with Gasteiger partial charge in [0.15, 0.2) is 0 Å². The van der Waals surface area contributed by atoms with Crippen LogP contribution in [0.4, 0.5) is 0 Å². The van der Waals surface area contributed by atoms with Crippen molar-refractivity contribution in [3.05, 3.63) is 64.7 Å². The number of hydrogen-bond acceptors (Lipinski definition) is 3. The van der Waals surface area contributed by atoms with Gasteiger partial charge in [-0.05, 0) is 41.8 Å². The minimum absolute atomic E-state index is 0.201. The molecule has 0 atom stereocenters. The Bertz CT molecular complexity index is 596. The summed E-state index contributed by atoms with van der Waals surface area (Å²) in [4.78, 5) is 12.6. The summed E-state index contributed by atoms with van der Waals surface area (Å²) in [5, 5.41) is 0.753. The standard InChI is InChI=1S/C17H17ClO2S/c1-20-17(19)12-14-5-3-2-4-13(14)10-11-21-16-8-6-15(18)7-9-16/h2-9H,10-12H2,1H3. The van der Waals surface area contributed by atoms with E-state index < -0.39 is 0 Å². The predicted octanol–water partition coefficient (Wildman–Crippen LogP) is 4.39. The number of aryl methyl sites for hydroxylation is 1. The van der Waals surface area contributed by atoms with Crippen molar-refractivity contribution in [3.63, 3.8) is 0 Å². The van der Waals surface area contributed by atoms with Gasteiger partial charge in [0.25, 0.3) is 0 Å². The Morgan fingerprint density at radius 2 is 1.76 bits per heavy atom. The monoisotopic (exact) mass is 320 g/mol. The van der Waals surface area contributed by atoms with Gasteiger partial charge in [0.2, 0.25) is 0 Å². The van der Waals surface area contributed by atoms with Gasteiger partial charge in [-0.25, -0.2) is 0 Å². The molecule has 0 saturated heterocycles. The zero-order chi connectivity index (χ0) is 15.1. The zero-order valence-electron chi connectivity index (χ0n) is 11.8. The Hall–Kier alpha value is -1.45. The number of benzene rings is 2. The summed E-state index contributed by atoms with van der Waals surface area (Å²) in [5.41, 5.74) is 2.24. The van der Waals surface area contributed by atoms with E-state index in [9.17, 15) is 4.79 Å². The van der Waals surface area contributed by atoms with Crippen LogP contribution < -0.4 is 0 Å². The Morgan fingerprint density at radius 1 is 1.10 bits per heavy atom. The molecule has 2 nitrogen and oxygen atoms in total. The van der Waals surface area contributed by atoms with Crippen molar-refractivity contribution in [1.82, 2.24) is 0 Å². The van der Waals surface area contributed by atoms with E-state index in [0.717, 1.165) is 22.8 Å². The number of thioether (sulfide) groups is 1. The molecule has 21 heavy (non-hydrogen) atoms. The van der Waals surface area contributed by atoms with Gasteiger partial charge in [-0.3, -0.25) is 4.79 Å². The molecule has 0 heterocycles. The molecule has 0 aliphatic heterocycles. The summed E-state index contributed by atoms with van der Waals surface area (Å²) in [6.07, 6.45) is 1.25. The fraction of sp³-hybridized carbons (Fsp3) is 0.235. The number of hydrogen-bond donors (Lipinski definition) is 0. The lowest BCUT2D eigenvalue weighted by Crippen LogP contribution is -2.07. The number of esters is 1. The van der Waals surface area contributed by atoms with E-state index in [-0.39, 0.29) is 5.97 Å². The molecule has 2 aromatic rings. The maximum Gasteiger partial charge on any atom is 0.309 e. The number of carbonyl (C=O) groups excluding carboxylic acids is 1. The van der Waals surface area contributed by atoms with Crippen molar-refractivity contribution in [2.24, 2.45) is 0 Å². The molecule has 0 amide bonds. The van der Waals surface area contributed by atoms with Gasteiger partial charge in [0, 0.05) is 15.7 Å². The molecule has 0 radical (unpaired) electrons. The minimum Gasteiger partial charge on any atom is -0.469 e. The smallest absolute Gasteiger partial charge is 0.309 e. The van der Waals surface area contributed by atoms with Crippen molar-refractivity contribution in [2.75, 3.05) is 12.9 Å². The molecule has 110 valence electrons. The first kappa shape index (κ1) is 15.9. The fourth-order valence-corrected chi connectivity index (χ4v) is 3.02. The quantitative estimate of drug-likeness (QED) is 0.583. The Kier molecular flexibility index (Phi) is 6.15. The van der Waals surface area contributed by atoms with Crippen LogP contribution in [0.15, 0.2) is 53.4 Å². The van der Waals surface area contributed by atoms with Crippen LogP contribution in [0.1, 0.15) is 11.1 Å². The summed E-state index contributed by atoms with van der Waals surface area (Å²) in [7, 11) is 1.42. The van der Waals surface area contributed by atoms with Crippen LogP contribution in [0.25, 0.3) is 0 Å². The van der Waals surface area contributed by atoms with Gasteiger partial charge in [0.1, 0.15) is 0 Å². The van der Waals surface area contributed by atoms with Gasteiger partial charge >= 0.3 is 5.97 Å². The molecule has 2 aromatic carbocycles. The van der Waals surface area contributed by atoms with E-state index in [4.69, 9.17) is 16.3 Å². The van der Waals surface area contributed by atoms with Crippen LogP contribution in [0.3, 0.4) is 0 Å². The van der Waals surface area contributed by atoms with E-state index in [1.54, 1.807) is 11.8 Å². The SMILES string of the molecule is COC(=O)Cc1ccccc1CCSc1ccc(Cl)cc1. The van der Waals surface area contributed by atoms with Crippen LogP contribution >= 0.6 is 23.4 Å². The third kappa shape index (κ3) is 5.10. The summed E-state index contributed by atoms with van der Waals surface area (Å²) in [5.74, 6) is 0.757. The van der Waals surface area contributed by atoms with Crippen LogP contribution in [0.2, 0.25) is 5.02 Å². The maximum absolute atomic E-state index is 11.4. The first-order valence-corrected chi connectivity index (χ1v) is 8.07. The lowest BCUT2D eigenvalue weighted by Gasteiger charge is -2.08. The third-order valence-corrected chi connectivity index (χ3v) is 4.40. The summed E-state index contributed by atoms with van der Waals surface area (Å²) in [6, 6.07) is 15.8. The zero-order valence-corrected chi connectivity index (χ0v) is 13.4. The van der Waals surface area contributed by atoms with Crippen molar-refractivity contribution in [1.29, 1.82) is 0 Å². The van der Waals surface area contributed by atoms with Crippen molar-refractivity contribution in [3.8, 4) is 0 Å². The van der Waals surface area contributed by atoms with Crippen LogP contribution in [0.5, 0.6) is 0 Å². The fourth-order valence-electron chi connectivity index (χ4n) is 2.01. The van der Waals surface area contributed by atoms with Crippen LogP contribution in [-0.2, 0) is 22.4 Å². The van der Waals surface area contributed by atoms with Crippen LogP contribution in [-0.4, -0.2) is 18.8 Å². The first-order chi connectivity index (χ1) is 10.2. The molecule has 2 rings (SSSR count). The van der Waals surface area contributed by atoms with E-state index >= 15 is 0 Å². The van der Waals surface area contributed by atoms with Gasteiger partial charge in [-0.1, -0.05) is 35.9 Å². The molecule has 0 spiro atoms. The summed E-state index contributed by atoms with van der Waals surface area (Å²) in [6.45, 7) is 0. The Balaban J connectivity index is 1.93. The average molecular weight is 321 g/mol. The maximum atomic E-state index is 11.4. The van der Waals surface area contributed by atoms with E-state index in [2.05, 4.69) is 6.07 Å². The Labute approximate surface area is 134 Å². The Morgan fingerprint density at radius 3 is 2.43 bits per heavy atom. The number of ether oxygens (including phenoxy) is 1. The number of halogens is 1. The van der Waals surface area contributed by atoms with E-state index in [1.807, 2.05) is 42.5 Å². The summed E-state index contributed by atoms with van der Waals surface area (Å²) >= 11 is 7.65. The molecule has 0 aliphatic rings. The molecule has 0 fully saturated rings. The van der Waals surface area contributed by atoms with Crippen molar-refractivity contribution >= 4 is 29.3 Å². The number of rotatable bonds is 6. The topological polar surface area (TPSA) is 26.3 Å². The van der Waals surface area contributed by atoms with E-state index in [0.29, 0.717) is 6.42 Å². The second kappa shape index (κ2) is 8.11. The largest absolute Gasteiger partial charge is 0.469 e. The highest BCUT2D eigenvalue weighted by Gasteiger charge is 2.07. The molecule has 0 bridgehead atoms. The molecule has 0 aliphatic carbocycles. The second-order valence-electron chi connectivity index (χ2n) is 4.57. The predicted molar refractivity (Wildman–Crippen MR) is 88.0 cm³/mol. The van der Waals surface area contributed by atoms with Gasteiger partial charge < -0.3 is 4.74 Å². The molecule has 0 unspecified atom stereocenters. The molecular weight excluding hydrogens is 304 g/mol. The molecule has 0 N–H and O–H groups in total. The molecule has 0 aromatic heterocycles. The average Bonchev–Trinajstić information content (AvgIpc) is 2.51. The molecule has 0 saturated carbocycles. The third-order valence-electron chi connectivity index (χ3n) is 3.13. The van der Waals surface area contributed by atoms with Gasteiger partial charge in [-0.15, -0.1) is 11.8 Å². The lowest BCUT2D eigenvalue weighted by atomic mass is 10.0. The number of methoxy groups -OCH3 is 1. The van der Waals surface area contributed by atoms with Crippen molar-refractivity contribution < 1.29 is 9.53 Å².